The fourth-order valence-corrected chi connectivity index (χ4v) is 3.45. The highest BCUT2D eigenvalue weighted by Gasteiger charge is 2.14. The maximum absolute atomic E-state index is 12.6. The van der Waals surface area contributed by atoms with Gasteiger partial charge < -0.3 is 14.6 Å². The van der Waals surface area contributed by atoms with E-state index in [0.29, 0.717) is 22.4 Å². The van der Waals surface area contributed by atoms with Gasteiger partial charge >= 0.3 is 0 Å². The molecule has 0 fully saturated rings. The maximum Gasteiger partial charge on any atom is 0.257 e. The molecule has 1 atom stereocenters. The monoisotopic (exact) mass is 449 g/mol. The van der Waals surface area contributed by atoms with Gasteiger partial charge in [0.25, 0.3) is 5.91 Å². The van der Waals surface area contributed by atoms with Crippen molar-refractivity contribution in [3.8, 4) is 17.2 Å². The first-order valence-electron chi connectivity index (χ1n) is 8.73. The van der Waals surface area contributed by atoms with Gasteiger partial charge in [-0.1, -0.05) is 0 Å². The fraction of sp³-hybridized carbons (Fsp3) is 0.211. The number of aliphatic hydroxyl groups excluding tert-OH is 1. The normalized spacial score (nSPS) is 12.2. The van der Waals surface area contributed by atoms with Crippen molar-refractivity contribution in [2.75, 3.05) is 18.2 Å². The predicted molar refractivity (Wildman–Crippen MR) is 111 cm³/mol. The Morgan fingerprint density at radius 3 is 2.47 bits per heavy atom. The topological polar surface area (TPSA) is 128 Å². The van der Waals surface area contributed by atoms with Gasteiger partial charge in [-0.15, -0.1) is 0 Å². The highest BCUT2D eigenvalue weighted by Crippen LogP contribution is 2.29. The number of rotatable bonds is 8. The van der Waals surface area contributed by atoms with Crippen LogP contribution in [0.25, 0.3) is 0 Å². The standard InChI is InChI=1S/C19H19N3O6S2/c1-12(10-23)27-15-7-13(18(24)22-19-20-11-21-29-19)8-16(9-15)28-14-3-5-17(6-4-14)30(2,25)26/h3-9,11-12,23H,10H2,1-2H3,(H,20,21,22,24)/t12-/m0/s1. The summed E-state index contributed by atoms with van der Waals surface area (Å²) in [7, 11) is -3.32. The largest absolute Gasteiger partial charge is 0.488 e. The minimum absolute atomic E-state index is 0.167. The number of ether oxygens (including phenoxy) is 2. The Labute approximate surface area is 177 Å². The molecular weight excluding hydrogens is 430 g/mol. The highest BCUT2D eigenvalue weighted by atomic mass is 32.2. The molecular formula is C19H19N3O6S2. The van der Waals surface area contributed by atoms with E-state index in [1.807, 2.05) is 0 Å². The number of nitrogens with one attached hydrogen (secondary N) is 1. The van der Waals surface area contributed by atoms with Crippen LogP contribution in [0, 0.1) is 0 Å². The highest BCUT2D eigenvalue weighted by molar-refractivity contribution is 7.90. The van der Waals surface area contributed by atoms with Gasteiger partial charge in [-0.25, -0.2) is 13.4 Å². The lowest BCUT2D eigenvalue weighted by Crippen LogP contribution is -2.17. The number of sulfone groups is 1. The van der Waals surface area contributed by atoms with Crippen LogP contribution >= 0.6 is 11.5 Å². The number of carbonyl (C=O) groups is 1. The van der Waals surface area contributed by atoms with Gasteiger partial charge in [0, 0.05) is 29.4 Å². The second kappa shape index (κ2) is 9.20. The third kappa shape index (κ3) is 5.75. The van der Waals surface area contributed by atoms with Crippen LogP contribution in [0.5, 0.6) is 17.2 Å². The summed E-state index contributed by atoms with van der Waals surface area (Å²) in [5.74, 6) is 0.563. The molecule has 0 aliphatic carbocycles. The lowest BCUT2D eigenvalue weighted by molar-refractivity contribution is 0.102. The Morgan fingerprint density at radius 1 is 1.17 bits per heavy atom. The average Bonchev–Trinajstić information content (AvgIpc) is 3.20. The third-order valence-corrected chi connectivity index (χ3v) is 5.51. The van der Waals surface area contributed by atoms with Crippen molar-refractivity contribution in [2.24, 2.45) is 0 Å². The summed E-state index contributed by atoms with van der Waals surface area (Å²) in [5, 5.41) is 12.2. The molecule has 3 rings (SSSR count). The molecule has 0 saturated carbocycles. The molecule has 30 heavy (non-hydrogen) atoms. The molecule has 2 N–H and O–H groups in total. The Hall–Kier alpha value is -3.02. The van der Waals surface area contributed by atoms with Crippen molar-refractivity contribution in [3.05, 3.63) is 54.4 Å². The third-order valence-electron chi connectivity index (χ3n) is 3.81. The van der Waals surface area contributed by atoms with Crippen LogP contribution in [0.4, 0.5) is 5.13 Å². The van der Waals surface area contributed by atoms with Gasteiger partial charge in [0.15, 0.2) is 9.84 Å². The zero-order valence-electron chi connectivity index (χ0n) is 16.1. The fourth-order valence-electron chi connectivity index (χ4n) is 2.39. The van der Waals surface area contributed by atoms with Crippen molar-refractivity contribution < 1.29 is 27.8 Å². The Balaban J connectivity index is 1.88. The Kier molecular flexibility index (Phi) is 6.65. The summed E-state index contributed by atoms with van der Waals surface area (Å²) in [5.41, 5.74) is 0.246. The van der Waals surface area contributed by atoms with E-state index in [-0.39, 0.29) is 17.1 Å². The Morgan fingerprint density at radius 2 is 1.87 bits per heavy atom. The lowest BCUT2D eigenvalue weighted by atomic mass is 10.2. The van der Waals surface area contributed by atoms with Crippen molar-refractivity contribution in [1.82, 2.24) is 9.36 Å². The van der Waals surface area contributed by atoms with E-state index in [1.54, 1.807) is 13.0 Å². The second-order valence-electron chi connectivity index (χ2n) is 6.35. The van der Waals surface area contributed by atoms with Gasteiger partial charge in [-0.2, -0.15) is 4.37 Å². The van der Waals surface area contributed by atoms with Crippen LogP contribution in [0.15, 0.2) is 53.7 Å². The Bertz CT molecular complexity index is 1120. The van der Waals surface area contributed by atoms with Crippen molar-refractivity contribution in [3.63, 3.8) is 0 Å². The van der Waals surface area contributed by atoms with E-state index in [2.05, 4.69) is 14.7 Å². The second-order valence-corrected chi connectivity index (χ2v) is 9.15. The first-order chi connectivity index (χ1) is 14.2. The van der Waals surface area contributed by atoms with Crippen molar-refractivity contribution in [1.29, 1.82) is 0 Å². The number of anilines is 1. The summed E-state index contributed by atoms with van der Waals surface area (Å²) in [6, 6.07) is 10.5. The summed E-state index contributed by atoms with van der Waals surface area (Å²) in [6.07, 6.45) is 1.96. The van der Waals surface area contributed by atoms with E-state index in [9.17, 15) is 18.3 Å². The zero-order chi connectivity index (χ0) is 21.7. The van der Waals surface area contributed by atoms with Crippen LogP contribution in [0.3, 0.4) is 0 Å². The molecule has 0 aliphatic rings. The van der Waals surface area contributed by atoms with Crippen LogP contribution < -0.4 is 14.8 Å². The number of aromatic nitrogens is 2. The molecule has 11 heteroatoms. The molecule has 0 unspecified atom stereocenters. The summed E-state index contributed by atoms with van der Waals surface area (Å²) < 4.78 is 38.4. The van der Waals surface area contributed by atoms with Crippen LogP contribution in [-0.2, 0) is 9.84 Å². The smallest absolute Gasteiger partial charge is 0.257 e. The van der Waals surface area contributed by atoms with E-state index >= 15 is 0 Å². The van der Waals surface area contributed by atoms with E-state index in [0.717, 1.165) is 17.8 Å². The van der Waals surface area contributed by atoms with Gasteiger partial charge in [0.05, 0.1) is 11.5 Å². The lowest BCUT2D eigenvalue weighted by Gasteiger charge is -2.15. The average molecular weight is 450 g/mol. The number of nitrogens with zero attached hydrogens (tertiary/aromatic N) is 2. The molecule has 0 bridgehead atoms. The van der Waals surface area contributed by atoms with E-state index in [4.69, 9.17) is 9.47 Å². The summed E-state index contributed by atoms with van der Waals surface area (Å²) in [6.45, 7) is 1.47. The predicted octanol–water partition coefficient (Wildman–Crippen LogP) is 2.75. The van der Waals surface area contributed by atoms with Gasteiger partial charge in [0.1, 0.15) is 29.7 Å². The van der Waals surface area contributed by atoms with Crippen LogP contribution in [0.2, 0.25) is 0 Å². The molecule has 0 spiro atoms. The van der Waals surface area contributed by atoms with Crippen molar-refractivity contribution >= 4 is 32.4 Å². The molecule has 9 nitrogen and oxygen atoms in total. The molecule has 1 amide bonds. The molecule has 3 aromatic rings. The quantitative estimate of drug-likeness (QED) is 0.537. The number of carbonyl (C=O) groups excluding carboxylic acids is 1. The minimum atomic E-state index is -3.32. The first-order valence-corrected chi connectivity index (χ1v) is 11.4. The number of hydrogen-bond acceptors (Lipinski definition) is 9. The van der Waals surface area contributed by atoms with Gasteiger partial charge in [-0.05, 0) is 43.3 Å². The summed E-state index contributed by atoms with van der Waals surface area (Å²) >= 11 is 1.04. The molecule has 0 radical (unpaired) electrons. The number of aliphatic hydroxyl groups is 1. The number of hydrogen-bond donors (Lipinski definition) is 2. The molecule has 1 heterocycles. The molecule has 2 aromatic carbocycles. The van der Waals surface area contributed by atoms with Gasteiger partial charge in [-0.3, -0.25) is 10.1 Å². The van der Waals surface area contributed by atoms with Crippen LogP contribution in [-0.4, -0.2) is 47.8 Å². The minimum Gasteiger partial charge on any atom is -0.488 e. The molecule has 1 aromatic heterocycles. The van der Waals surface area contributed by atoms with E-state index in [1.165, 1.54) is 42.7 Å². The van der Waals surface area contributed by atoms with E-state index < -0.39 is 21.8 Å². The number of amides is 1. The SMILES string of the molecule is C[C@@H](CO)Oc1cc(Oc2ccc(S(C)(=O)=O)cc2)cc(C(=O)Nc2ncns2)c1. The van der Waals surface area contributed by atoms with Crippen LogP contribution in [0.1, 0.15) is 17.3 Å². The van der Waals surface area contributed by atoms with Crippen molar-refractivity contribution in [2.45, 2.75) is 17.9 Å². The molecule has 0 saturated heterocycles. The zero-order valence-corrected chi connectivity index (χ0v) is 17.7. The molecule has 0 aliphatic heterocycles. The first kappa shape index (κ1) is 21.7. The maximum atomic E-state index is 12.6. The molecule has 158 valence electrons. The van der Waals surface area contributed by atoms with Gasteiger partial charge in [0.2, 0.25) is 5.13 Å². The summed E-state index contributed by atoms with van der Waals surface area (Å²) in [4.78, 5) is 16.7. The number of benzene rings is 2.